The topological polar surface area (TPSA) is 120 Å². The summed E-state index contributed by atoms with van der Waals surface area (Å²) in [7, 11) is 0. The van der Waals surface area contributed by atoms with Crippen LogP contribution in [-0.4, -0.2) is 63.8 Å². The third kappa shape index (κ3) is 6.42. The van der Waals surface area contributed by atoms with Crippen LogP contribution in [-0.2, 0) is 4.79 Å². The molecule has 4 N–H and O–H groups in total. The zero-order chi connectivity index (χ0) is 27.4. The number of nitrogens with one attached hydrogen (secondary N) is 4. The van der Waals surface area contributed by atoms with E-state index in [1.165, 1.54) is 0 Å². The molecular formula is C28H37N7O3. The highest BCUT2D eigenvalue weighted by Crippen LogP contribution is 2.32. The lowest BCUT2D eigenvalue weighted by Gasteiger charge is -2.22. The summed E-state index contributed by atoms with van der Waals surface area (Å²) in [6, 6.07) is 11.0. The van der Waals surface area contributed by atoms with E-state index in [0.717, 1.165) is 17.1 Å². The van der Waals surface area contributed by atoms with Gasteiger partial charge in [0.25, 0.3) is 5.91 Å². The molecule has 1 saturated heterocycles. The molecule has 4 amide bonds. The SMILES string of the molecule is CC(C)CC(=O)Nc1ccc(-c2nc3c(C(=O)NCCN4CCNC4=O)cccn3c2NC(C)(C)C)cc1. The number of rotatable bonds is 9. The normalized spacial score (nSPS) is 13.6. The predicted molar refractivity (Wildman–Crippen MR) is 149 cm³/mol. The monoisotopic (exact) mass is 519 g/mol. The van der Waals surface area contributed by atoms with E-state index in [4.69, 9.17) is 4.98 Å². The van der Waals surface area contributed by atoms with Gasteiger partial charge in [-0.1, -0.05) is 26.0 Å². The molecule has 0 bridgehead atoms. The van der Waals surface area contributed by atoms with Gasteiger partial charge in [0, 0.05) is 55.6 Å². The third-order valence-corrected chi connectivity index (χ3v) is 6.04. The van der Waals surface area contributed by atoms with E-state index < -0.39 is 0 Å². The Morgan fingerprint density at radius 2 is 1.87 bits per heavy atom. The molecule has 1 aliphatic heterocycles. The van der Waals surface area contributed by atoms with E-state index >= 15 is 0 Å². The van der Waals surface area contributed by atoms with Crippen molar-refractivity contribution in [1.82, 2.24) is 24.9 Å². The van der Waals surface area contributed by atoms with E-state index in [9.17, 15) is 14.4 Å². The number of nitrogens with zero attached hydrogens (tertiary/aromatic N) is 3. The van der Waals surface area contributed by atoms with Gasteiger partial charge in [0.05, 0.1) is 5.56 Å². The van der Waals surface area contributed by atoms with Gasteiger partial charge in [-0.3, -0.25) is 14.0 Å². The van der Waals surface area contributed by atoms with Crippen molar-refractivity contribution in [2.75, 3.05) is 36.8 Å². The second-order valence-electron chi connectivity index (χ2n) is 11.0. The molecule has 10 nitrogen and oxygen atoms in total. The third-order valence-electron chi connectivity index (χ3n) is 6.04. The van der Waals surface area contributed by atoms with Crippen molar-refractivity contribution in [2.45, 2.75) is 46.6 Å². The van der Waals surface area contributed by atoms with E-state index in [-0.39, 0.29) is 29.3 Å². The molecule has 1 aromatic carbocycles. The van der Waals surface area contributed by atoms with Gasteiger partial charge in [-0.25, -0.2) is 9.78 Å². The van der Waals surface area contributed by atoms with Crippen molar-refractivity contribution in [2.24, 2.45) is 5.92 Å². The highest BCUT2D eigenvalue weighted by Gasteiger charge is 2.23. The van der Waals surface area contributed by atoms with Crippen LogP contribution in [0.25, 0.3) is 16.9 Å². The number of urea groups is 1. The van der Waals surface area contributed by atoms with Crippen LogP contribution in [0.3, 0.4) is 0 Å². The number of hydrogen-bond donors (Lipinski definition) is 4. The predicted octanol–water partition coefficient (Wildman–Crippen LogP) is 3.95. The minimum atomic E-state index is -0.260. The molecule has 38 heavy (non-hydrogen) atoms. The summed E-state index contributed by atoms with van der Waals surface area (Å²) in [4.78, 5) is 43.6. The van der Waals surface area contributed by atoms with Crippen LogP contribution in [0.1, 0.15) is 51.4 Å². The number of carbonyl (C=O) groups is 3. The fourth-order valence-electron chi connectivity index (χ4n) is 4.34. The lowest BCUT2D eigenvalue weighted by atomic mass is 10.1. The summed E-state index contributed by atoms with van der Waals surface area (Å²) >= 11 is 0. The second kappa shape index (κ2) is 11.1. The van der Waals surface area contributed by atoms with Gasteiger partial charge in [0.1, 0.15) is 11.5 Å². The summed E-state index contributed by atoms with van der Waals surface area (Å²) < 4.78 is 1.89. The van der Waals surface area contributed by atoms with Crippen LogP contribution in [0.2, 0.25) is 0 Å². The standard InChI is InChI=1S/C28H37N7O3/c1-18(2)17-22(36)31-20-10-8-19(9-11-20)23-25(33-28(3,4)5)35-14-6-7-21(24(35)32-23)26(37)29-12-15-34-16-13-30-27(34)38/h6-11,14,18,33H,12-13,15-17H2,1-5H3,(H,29,37)(H,30,38)(H,31,36). The van der Waals surface area contributed by atoms with Gasteiger partial charge in [-0.15, -0.1) is 0 Å². The zero-order valence-electron chi connectivity index (χ0n) is 22.7. The minimum Gasteiger partial charge on any atom is -0.365 e. The number of carbonyl (C=O) groups excluding carboxylic acids is 3. The summed E-state index contributed by atoms with van der Waals surface area (Å²) in [6.07, 6.45) is 2.34. The highest BCUT2D eigenvalue weighted by molar-refractivity contribution is 6.01. The largest absolute Gasteiger partial charge is 0.365 e. The van der Waals surface area contributed by atoms with Crippen LogP contribution in [0.4, 0.5) is 16.3 Å². The first-order chi connectivity index (χ1) is 18.0. The van der Waals surface area contributed by atoms with E-state index in [2.05, 4.69) is 42.0 Å². The summed E-state index contributed by atoms with van der Waals surface area (Å²) in [6.45, 7) is 12.3. The summed E-state index contributed by atoms with van der Waals surface area (Å²) in [5, 5.41) is 12.2. The average Bonchev–Trinajstić information content (AvgIpc) is 3.41. The van der Waals surface area contributed by atoms with Gasteiger partial charge >= 0.3 is 6.03 Å². The molecule has 0 saturated carbocycles. The minimum absolute atomic E-state index is 0.0171. The number of hydrogen-bond acceptors (Lipinski definition) is 5. The molecule has 0 radical (unpaired) electrons. The number of anilines is 2. The Balaban J connectivity index is 1.61. The molecule has 3 aromatic rings. The molecule has 1 aliphatic rings. The molecule has 202 valence electrons. The molecule has 0 aliphatic carbocycles. The number of benzene rings is 1. The molecule has 3 heterocycles. The van der Waals surface area contributed by atoms with Crippen molar-refractivity contribution < 1.29 is 14.4 Å². The molecule has 2 aromatic heterocycles. The Morgan fingerprint density at radius 3 is 2.50 bits per heavy atom. The first-order valence-corrected chi connectivity index (χ1v) is 13.0. The maximum atomic E-state index is 13.1. The van der Waals surface area contributed by atoms with Gasteiger partial charge in [-0.05, 0) is 51.0 Å². The second-order valence-corrected chi connectivity index (χ2v) is 11.0. The Hall–Kier alpha value is -4.08. The Labute approximate surface area is 223 Å². The van der Waals surface area contributed by atoms with Crippen molar-refractivity contribution >= 4 is 35.0 Å². The molecule has 10 heteroatoms. The fraction of sp³-hybridized carbons (Fsp3) is 0.429. The molecule has 0 spiro atoms. The van der Waals surface area contributed by atoms with Crippen LogP contribution >= 0.6 is 0 Å². The smallest absolute Gasteiger partial charge is 0.317 e. The molecular weight excluding hydrogens is 482 g/mol. The van der Waals surface area contributed by atoms with Crippen LogP contribution in [0.5, 0.6) is 0 Å². The maximum absolute atomic E-state index is 13.1. The molecule has 0 atom stereocenters. The zero-order valence-corrected chi connectivity index (χ0v) is 22.7. The van der Waals surface area contributed by atoms with E-state index in [1.807, 2.05) is 54.8 Å². The van der Waals surface area contributed by atoms with E-state index in [0.29, 0.717) is 49.5 Å². The molecule has 1 fully saturated rings. The summed E-state index contributed by atoms with van der Waals surface area (Å²) in [5.41, 5.74) is 2.99. The van der Waals surface area contributed by atoms with E-state index in [1.54, 1.807) is 11.0 Å². The van der Waals surface area contributed by atoms with Gasteiger partial charge in [0.15, 0.2) is 5.65 Å². The van der Waals surface area contributed by atoms with Crippen molar-refractivity contribution in [1.29, 1.82) is 0 Å². The number of amides is 4. The lowest BCUT2D eigenvalue weighted by molar-refractivity contribution is -0.116. The Bertz CT molecular complexity index is 1320. The van der Waals surface area contributed by atoms with Gasteiger partial charge in [0.2, 0.25) is 5.91 Å². The summed E-state index contributed by atoms with van der Waals surface area (Å²) in [5.74, 6) is 0.783. The lowest BCUT2D eigenvalue weighted by Crippen LogP contribution is -2.36. The van der Waals surface area contributed by atoms with Crippen LogP contribution < -0.4 is 21.3 Å². The molecule has 0 unspecified atom stereocenters. The highest BCUT2D eigenvalue weighted by atomic mass is 16.2. The van der Waals surface area contributed by atoms with Gasteiger partial charge in [-0.2, -0.15) is 0 Å². The van der Waals surface area contributed by atoms with Crippen molar-refractivity contribution in [3.63, 3.8) is 0 Å². The van der Waals surface area contributed by atoms with Gasteiger partial charge < -0.3 is 26.2 Å². The first-order valence-electron chi connectivity index (χ1n) is 13.0. The van der Waals surface area contributed by atoms with Crippen molar-refractivity contribution in [3.05, 3.63) is 48.2 Å². The van der Waals surface area contributed by atoms with Crippen LogP contribution in [0.15, 0.2) is 42.6 Å². The number of pyridine rings is 1. The first kappa shape index (κ1) is 27.0. The Morgan fingerprint density at radius 1 is 1.13 bits per heavy atom. The number of imidazole rings is 1. The van der Waals surface area contributed by atoms with Crippen molar-refractivity contribution in [3.8, 4) is 11.3 Å². The molecule has 4 rings (SSSR count). The Kier molecular flexibility index (Phi) is 7.89. The average molecular weight is 520 g/mol. The quantitative estimate of drug-likeness (QED) is 0.341. The number of fused-ring (bicyclic) bond motifs is 1. The van der Waals surface area contributed by atoms with Crippen LogP contribution in [0, 0.1) is 5.92 Å². The maximum Gasteiger partial charge on any atom is 0.317 e. The fourth-order valence-corrected chi connectivity index (χ4v) is 4.34. The number of aromatic nitrogens is 2.